The lowest BCUT2D eigenvalue weighted by Gasteiger charge is -2.29. The molecule has 1 aliphatic heterocycles. The van der Waals surface area contributed by atoms with Gasteiger partial charge in [0.1, 0.15) is 4.70 Å². The number of piperidine rings is 1. The van der Waals surface area contributed by atoms with Crippen LogP contribution in [0.25, 0.3) is 21.2 Å². The Morgan fingerprint density at radius 1 is 1.32 bits per heavy atom. The van der Waals surface area contributed by atoms with E-state index >= 15 is 0 Å². The zero-order chi connectivity index (χ0) is 19.7. The van der Waals surface area contributed by atoms with E-state index in [1.165, 1.54) is 20.9 Å². The van der Waals surface area contributed by atoms with Crippen LogP contribution in [0.2, 0.25) is 0 Å². The number of amides is 1. The average Bonchev–Trinajstić information content (AvgIpc) is 3.16. The molecule has 0 saturated carbocycles. The van der Waals surface area contributed by atoms with Crippen molar-refractivity contribution in [2.45, 2.75) is 12.8 Å². The molecule has 0 unspecified atom stereocenters. The van der Waals surface area contributed by atoms with Crippen LogP contribution in [0.3, 0.4) is 0 Å². The molecule has 0 atom stereocenters. The lowest BCUT2D eigenvalue weighted by molar-refractivity contribution is 0.111. The van der Waals surface area contributed by atoms with E-state index in [9.17, 15) is 9.59 Å². The Bertz CT molecular complexity index is 1050. The fourth-order valence-electron chi connectivity index (χ4n) is 3.44. The highest BCUT2D eigenvalue weighted by Crippen LogP contribution is 2.36. The van der Waals surface area contributed by atoms with Crippen molar-refractivity contribution in [3.63, 3.8) is 0 Å². The van der Waals surface area contributed by atoms with Crippen LogP contribution in [0.4, 0.5) is 4.79 Å². The van der Waals surface area contributed by atoms with Gasteiger partial charge in [0.15, 0.2) is 0 Å². The number of aromatic nitrogens is 3. The maximum Gasteiger partial charge on any atom is 0.407 e. The minimum absolute atomic E-state index is 0.162. The molecule has 3 aromatic heterocycles. The molecule has 28 heavy (non-hydrogen) atoms. The van der Waals surface area contributed by atoms with Crippen LogP contribution in [-0.4, -0.2) is 50.6 Å². The lowest BCUT2D eigenvalue weighted by Crippen LogP contribution is -2.38. The number of carboxylic acid groups (broad SMARTS) is 1. The maximum absolute atomic E-state index is 12.7. The van der Waals surface area contributed by atoms with Gasteiger partial charge in [-0.05, 0) is 36.5 Å². The number of aryl methyl sites for hydroxylation is 1. The molecule has 1 fully saturated rings. The van der Waals surface area contributed by atoms with Crippen molar-refractivity contribution in [3.8, 4) is 17.0 Å². The normalized spacial score (nSPS) is 15.1. The minimum atomic E-state index is -0.872. The number of thiophene rings is 1. The largest absolute Gasteiger partial charge is 0.475 e. The summed E-state index contributed by atoms with van der Waals surface area (Å²) < 4.78 is 8.04. The van der Waals surface area contributed by atoms with E-state index in [1.54, 1.807) is 19.4 Å². The number of hydrogen-bond donors (Lipinski definition) is 1. The molecule has 8 nitrogen and oxygen atoms in total. The van der Waals surface area contributed by atoms with E-state index in [-0.39, 0.29) is 11.5 Å². The third-order valence-corrected chi connectivity index (χ3v) is 6.03. The van der Waals surface area contributed by atoms with E-state index in [1.807, 2.05) is 17.5 Å². The minimum Gasteiger partial charge on any atom is -0.475 e. The van der Waals surface area contributed by atoms with Crippen LogP contribution in [0.15, 0.2) is 34.7 Å². The number of likely N-dealkylation sites (tertiary alicyclic amines) is 1. The number of pyridine rings is 1. The first kappa shape index (κ1) is 18.4. The van der Waals surface area contributed by atoms with E-state index in [2.05, 4.69) is 10.1 Å². The third kappa shape index (κ3) is 3.45. The SMILES string of the molecule is Cn1nc(OCC2CCN(C(=O)O)CC2)c2scc(-c3ccncc3)c2c1=O. The van der Waals surface area contributed by atoms with E-state index in [0.29, 0.717) is 31.0 Å². The summed E-state index contributed by atoms with van der Waals surface area (Å²) in [6, 6.07) is 3.75. The Balaban J connectivity index is 1.59. The smallest absolute Gasteiger partial charge is 0.407 e. The summed E-state index contributed by atoms with van der Waals surface area (Å²) in [5.74, 6) is 0.715. The molecule has 0 bridgehead atoms. The molecule has 0 aromatic carbocycles. The molecule has 1 saturated heterocycles. The molecule has 1 amide bonds. The molecule has 0 aliphatic carbocycles. The topological polar surface area (TPSA) is 97.6 Å². The molecule has 1 N–H and O–H groups in total. The van der Waals surface area contributed by atoms with Crippen molar-refractivity contribution in [1.29, 1.82) is 0 Å². The Labute approximate surface area is 165 Å². The van der Waals surface area contributed by atoms with Crippen LogP contribution in [0.1, 0.15) is 12.8 Å². The second kappa shape index (κ2) is 7.59. The number of ether oxygens (including phenoxy) is 1. The first-order valence-electron chi connectivity index (χ1n) is 9.04. The monoisotopic (exact) mass is 400 g/mol. The molecule has 0 radical (unpaired) electrons. The van der Waals surface area contributed by atoms with Crippen molar-refractivity contribution in [2.75, 3.05) is 19.7 Å². The average molecular weight is 400 g/mol. The fraction of sp³-hybridized carbons (Fsp3) is 0.368. The Morgan fingerprint density at radius 3 is 2.71 bits per heavy atom. The summed E-state index contributed by atoms with van der Waals surface area (Å²) in [7, 11) is 1.62. The van der Waals surface area contributed by atoms with Crippen LogP contribution in [-0.2, 0) is 7.05 Å². The van der Waals surface area contributed by atoms with Crippen molar-refractivity contribution in [2.24, 2.45) is 13.0 Å². The molecular weight excluding hydrogens is 380 g/mol. The van der Waals surface area contributed by atoms with Crippen LogP contribution in [0.5, 0.6) is 5.88 Å². The van der Waals surface area contributed by atoms with Gasteiger partial charge in [0.2, 0.25) is 5.88 Å². The van der Waals surface area contributed by atoms with Gasteiger partial charge in [-0.3, -0.25) is 9.78 Å². The molecule has 1 aliphatic rings. The molecule has 9 heteroatoms. The summed E-state index contributed by atoms with van der Waals surface area (Å²) >= 11 is 1.44. The summed E-state index contributed by atoms with van der Waals surface area (Å²) in [5, 5.41) is 15.9. The third-order valence-electron chi connectivity index (χ3n) is 5.07. The number of fused-ring (bicyclic) bond motifs is 1. The standard InChI is InChI=1S/C19H20N4O4S/c1-22-18(24)15-14(13-2-6-20-7-3-13)11-28-16(15)17(21-22)27-10-12-4-8-23(9-5-12)19(25)26/h2-3,6-7,11-12H,4-5,8-10H2,1H3,(H,25,26). The Kier molecular flexibility index (Phi) is 4.99. The van der Waals surface area contributed by atoms with Gasteiger partial charge in [0, 0.05) is 43.5 Å². The van der Waals surface area contributed by atoms with Crippen molar-refractivity contribution < 1.29 is 14.6 Å². The Hall–Kier alpha value is -2.94. The highest BCUT2D eigenvalue weighted by molar-refractivity contribution is 7.18. The summed E-state index contributed by atoms with van der Waals surface area (Å²) in [6.07, 6.45) is 4.04. The molecule has 4 rings (SSSR count). The number of rotatable bonds is 4. The van der Waals surface area contributed by atoms with Crippen molar-refractivity contribution in [3.05, 3.63) is 40.3 Å². The molecule has 0 spiro atoms. The van der Waals surface area contributed by atoms with Crippen molar-refractivity contribution >= 4 is 27.5 Å². The highest BCUT2D eigenvalue weighted by Gasteiger charge is 2.24. The quantitative estimate of drug-likeness (QED) is 0.723. The summed E-state index contributed by atoms with van der Waals surface area (Å²) in [5.41, 5.74) is 1.62. The predicted octanol–water partition coefficient (Wildman–Crippen LogP) is 2.83. The van der Waals surface area contributed by atoms with Gasteiger partial charge in [-0.15, -0.1) is 16.4 Å². The maximum atomic E-state index is 12.7. The first-order valence-corrected chi connectivity index (χ1v) is 9.92. The van der Waals surface area contributed by atoms with E-state index in [4.69, 9.17) is 9.84 Å². The lowest BCUT2D eigenvalue weighted by atomic mass is 9.98. The second-order valence-electron chi connectivity index (χ2n) is 6.85. The number of carbonyl (C=O) groups is 1. The fourth-order valence-corrected chi connectivity index (χ4v) is 4.45. The van der Waals surface area contributed by atoms with Gasteiger partial charge in [-0.1, -0.05) is 0 Å². The van der Waals surface area contributed by atoms with Gasteiger partial charge in [-0.25, -0.2) is 9.48 Å². The van der Waals surface area contributed by atoms with Gasteiger partial charge in [0.25, 0.3) is 5.56 Å². The summed E-state index contributed by atoms with van der Waals surface area (Å²) in [4.78, 5) is 29.2. The number of hydrogen-bond acceptors (Lipinski definition) is 6. The van der Waals surface area contributed by atoms with Gasteiger partial charge in [0.05, 0.1) is 12.0 Å². The molecular formula is C19H20N4O4S. The number of nitrogens with zero attached hydrogens (tertiary/aromatic N) is 4. The van der Waals surface area contributed by atoms with Crippen LogP contribution >= 0.6 is 11.3 Å². The molecule has 4 heterocycles. The van der Waals surface area contributed by atoms with E-state index in [0.717, 1.165) is 28.7 Å². The molecule has 146 valence electrons. The predicted molar refractivity (Wildman–Crippen MR) is 106 cm³/mol. The highest BCUT2D eigenvalue weighted by atomic mass is 32.1. The van der Waals surface area contributed by atoms with E-state index < -0.39 is 6.09 Å². The second-order valence-corrected chi connectivity index (χ2v) is 7.73. The molecule has 3 aromatic rings. The zero-order valence-electron chi connectivity index (χ0n) is 15.4. The van der Waals surface area contributed by atoms with Gasteiger partial charge in [-0.2, -0.15) is 0 Å². The zero-order valence-corrected chi connectivity index (χ0v) is 16.2. The van der Waals surface area contributed by atoms with Gasteiger partial charge < -0.3 is 14.7 Å². The van der Waals surface area contributed by atoms with Crippen LogP contribution < -0.4 is 10.3 Å². The van der Waals surface area contributed by atoms with Crippen molar-refractivity contribution in [1.82, 2.24) is 19.7 Å². The van der Waals surface area contributed by atoms with Crippen LogP contribution in [0, 0.1) is 5.92 Å². The first-order chi connectivity index (χ1) is 13.5. The Morgan fingerprint density at radius 2 is 2.04 bits per heavy atom. The van der Waals surface area contributed by atoms with Gasteiger partial charge >= 0.3 is 6.09 Å². The summed E-state index contributed by atoms with van der Waals surface area (Å²) in [6.45, 7) is 1.49.